The van der Waals surface area contributed by atoms with E-state index in [2.05, 4.69) is 32.8 Å². The van der Waals surface area contributed by atoms with Gasteiger partial charge in [-0.2, -0.15) is 0 Å². The first-order valence-electron chi connectivity index (χ1n) is 5.95. The van der Waals surface area contributed by atoms with Crippen molar-refractivity contribution >= 4 is 0 Å². The van der Waals surface area contributed by atoms with E-state index in [4.69, 9.17) is 0 Å². The fourth-order valence-corrected chi connectivity index (χ4v) is 2.04. The fraction of sp³-hybridized carbons (Fsp3) is 0.571. The Balaban J connectivity index is 2.81. The van der Waals surface area contributed by atoms with E-state index >= 15 is 0 Å². The van der Waals surface area contributed by atoms with Crippen LogP contribution in [0.4, 0.5) is 4.39 Å². The van der Waals surface area contributed by atoms with Gasteiger partial charge in [-0.05, 0) is 69.6 Å². The number of hydrogen-bond acceptors (Lipinski definition) is 1. The molecule has 1 aromatic carbocycles. The van der Waals surface area contributed by atoms with E-state index in [1.807, 2.05) is 6.07 Å². The number of halogens is 1. The summed E-state index contributed by atoms with van der Waals surface area (Å²) in [6.07, 6.45) is 2.16. The topological polar surface area (TPSA) is 3.24 Å². The lowest BCUT2D eigenvalue weighted by Crippen LogP contribution is -2.16. The summed E-state index contributed by atoms with van der Waals surface area (Å²) in [5.74, 6) is 0.349. The highest BCUT2D eigenvalue weighted by Crippen LogP contribution is 2.26. The van der Waals surface area contributed by atoms with Crippen molar-refractivity contribution in [3.63, 3.8) is 0 Å². The second-order valence-electron chi connectivity index (χ2n) is 4.70. The minimum Gasteiger partial charge on any atom is -0.309 e. The molecule has 0 radical (unpaired) electrons. The van der Waals surface area contributed by atoms with E-state index in [0.29, 0.717) is 5.92 Å². The molecule has 0 N–H and O–H groups in total. The van der Waals surface area contributed by atoms with Gasteiger partial charge in [0.05, 0.1) is 0 Å². The molecular formula is C14H22FN. The van der Waals surface area contributed by atoms with E-state index in [9.17, 15) is 4.39 Å². The molecule has 0 bridgehead atoms. The second kappa shape index (κ2) is 6.00. The van der Waals surface area contributed by atoms with Crippen LogP contribution in [0.5, 0.6) is 0 Å². The molecule has 90 valence electrons. The number of rotatable bonds is 5. The number of aryl methyl sites for hydroxylation is 1. The maximum absolute atomic E-state index is 13.2. The minimum absolute atomic E-state index is 0.121. The van der Waals surface area contributed by atoms with Crippen LogP contribution in [-0.4, -0.2) is 25.5 Å². The van der Waals surface area contributed by atoms with Crippen LogP contribution >= 0.6 is 0 Å². The maximum Gasteiger partial charge on any atom is 0.123 e. The van der Waals surface area contributed by atoms with Crippen molar-refractivity contribution in [2.24, 2.45) is 0 Å². The summed E-state index contributed by atoms with van der Waals surface area (Å²) in [7, 11) is 4.15. The first-order valence-corrected chi connectivity index (χ1v) is 5.95. The Morgan fingerprint density at radius 3 is 2.56 bits per heavy atom. The monoisotopic (exact) mass is 223 g/mol. The molecule has 0 spiro atoms. The zero-order chi connectivity index (χ0) is 12.1. The third-order valence-corrected chi connectivity index (χ3v) is 3.10. The molecule has 0 saturated heterocycles. The first kappa shape index (κ1) is 13.2. The Hall–Kier alpha value is -0.890. The van der Waals surface area contributed by atoms with Gasteiger partial charge < -0.3 is 4.90 Å². The van der Waals surface area contributed by atoms with Gasteiger partial charge in [0.25, 0.3) is 0 Å². The van der Waals surface area contributed by atoms with Gasteiger partial charge in [-0.25, -0.2) is 4.39 Å². The summed E-state index contributed by atoms with van der Waals surface area (Å²) >= 11 is 0. The van der Waals surface area contributed by atoms with Crippen molar-refractivity contribution in [2.75, 3.05) is 20.6 Å². The highest BCUT2D eigenvalue weighted by molar-refractivity contribution is 5.29. The Kier molecular flexibility index (Phi) is 4.94. The van der Waals surface area contributed by atoms with Gasteiger partial charge in [-0.1, -0.05) is 13.0 Å². The van der Waals surface area contributed by atoms with Crippen molar-refractivity contribution in [1.82, 2.24) is 4.90 Å². The maximum atomic E-state index is 13.2. The van der Waals surface area contributed by atoms with Crippen molar-refractivity contribution < 1.29 is 4.39 Å². The quantitative estimate of drug-likeness (QED) is 0.737. The molecular weight excluding hydrogens is 201 g/mol. The van der Waals surface area contributed by atoms with Gasteiger partial charge in [0.1, 0.15) is 5.82 Å². The Labute approximate surface area is 98.3 Å². The highest BCUT2D eigenvalue weighted by atomic mass is 19.1. The zero-order valence-corrected chi connectivity index (χ0v) is 10.8. The molecule has 1 nitrogen and oxygen atoms in total. The summed E-state index contributed by atoms with van der Waals surface area (Å²) in [6.45, 7) is 5.28. The summed E-state index contributed by atoms with van der Waals surface area (Å²) < 4.78 is 13.2. The molecule has 2 heteroatoms. The van der Waals surface area contributed by atoms with Crippen LogP contribution in [0.3, 0.4) is 0 Å². The molecule has 1 aromatic rings. The summed E-state index contributed by atoms with van der Waals surface area (Å²) in [5.41, 5.74) is 2.37. The molecule has 0 saturated carbocycles. The van der Waals surface area contributed by atoms with Crippen LogP contribution in [0.2, 0.25) is 0 Å². The van der Waals surface area contributed by atoms with Crippen LogP contribution in [0.1, 0.15) is 36.8 Å². The van der Waals surface area contributed by atoms with Crippen molar-refractivity contribution in [2.45, 2.75) is 32.6 Å². The third-order valence-electron chi connectivity index (χ3n) is 3.10. The van der Waals surface area contributed by atoms with E-state index < -0.39 is 0 Å². The molecule has 0 fully saturated rings. The van der Waals surface area contributed by atoms with Crippen LogP contribution in [0, 0.1) is 12.7 Å². The van der Waals surface area contributed by atoms with Gasteiger partial charge in [0, 0.05) is 0 Å². The predicted molar refractivity (Wildman–Crippen MR) is 67.3 cm³/mol. The lowest BCUT2D eigenvalue weighted by atomic mass is 9.90. The van der Waals surface area contributed by atoms with Crippen LogP contribution in [-0.2, 0) is 0 Å². The molecule has 0 heterocycles. The lowest BCUT2D eigenvalue weighted by Gasteiger charge is -2.20. The number of hydrogen-bond donors (Lipinski definition) is 0. The third kappa shape index (κ3) is 3.60. The molecule has 0 aromatic heterocycles. The van der Waals surface area contributed by atoms with Crippen molar-refractivity contribution in [3.8, 4) is 0 Å². The van der Waals surface area contributed by atoms with E-state index in [1.54, 1.807) is 6.07 Å². The smallest absolute Gasteiger partial charge is 0.123 e. The fourth-order valence-electron chi connectivity index (χ4n) is 2.04. The SMILES string of the molecule is CCC(CCN(C)C)c1cc(F)ccc1C. The molecule has 16 heavy (non-hydrogen) atoms. The van der Waals surface area contributed by atoms with Gasteiger partial charge >= 0.3 is 0 Å². The van der Waals surface area contributed by atoms with Crippen molar-refractivity contribution in [3.05, 3.63) is 35.1 Å². The Morgan fingerprint density at radius 2 is 2.00 bits per heavy atom. The standard InChI is InChI=1S/C14H22FN/c1-5-12(8-9-16(3)4)14-10-13(15)7-6-11(14)2/h6-7,10,12H,5,8-9H2,1-4H3. The lowest BCUT2D eigenvalue weighted by molar-refractivity contribution is 0.377. The molecule has 1 unspecified atom stereocenters. The highest BCUT2D eigenvalue weighted by Gasteiger charge is 2.12. The molecule has 1 rings (SSSR count). The van der Waals surface area contributed by atoms with E-state index in [0.717, 1.165) is 19.4 Å². The predicted octanol–water partition coefficient (Wildman–Crippen LogP) is 3.58. The van der Waals surface area contributed by atoms with Gasteiger partial charge in [-0.3, -0.25) is 0 Å². The Bertz CT molecular complexity index is 334. The second-order valence-corrected chi connectivity index (χ2v) is 4.70. The summed E-state index contributed by atoms with van der Waals surface area (Å²) in [6, 6.07) is 5.11. The van der Waals surface area contributed by atoms with Crippen molar-refractivity contribution in [1.29, 1.82) is 0 Å². The van der Waals surface area contributed by atoms with Gasteiger partial charge in [0.2, 0.25) is 0 Å². The van der Waals surface area contributed by atoms with Gasteiger partial charge in [0.15, 0.2) is 0 Å². The minimum atomic E-state index is -0.121. The number of benzene rings is 1. The van der Waals surface area contributed by atoms with Crippen LogP contribution < -0.4 is 0 Å². The normalized spacial score (nSPS) is 13.1. The zero-order valence-electron chi connectivity index (χ0n) is 10.8. The number of nitrogens with zero attached hydrogens (tertiary/aromatic N) is 1. The largest absolute Gasteiger partial charge is 0.309 e. The summed E-state index contributed by atoms with van der Waals surface area (Å²) in [4.78, 5) is 2.18. The van der Waals surface area contributed by atoms with E-state index in [1.165, 1.54) is 17.2 Å². The summed E-state index contributed by atoms with van der Waals surface area (Å²) in [5, 5.41) is 0. The van der Waals surface area contributed by atoms with E-state index in [-0.39, 0.29) is 5.82 Å². The molecule has 0 aliphatic heterocycles. The first-order chi connectivity index (χ1) is 7.54. The molecule has 1 atom stereocenters. The average molecular weight is 223 g/mol. The molecule has 0 amide bonds. The molecule has 0 aliphatic rings. The van der Waals surface area contributed by atoms with Gasteiger partial charge in [-0.15, -0.1) is 0 Å². The van der Waals surface area contributed by atoms with Crippen LogP contribution in [0.25, 0.3) is 0 Å². The molecule has 0 aliphatic carbocycles. The Morgan fingerprint density at radius 1 is 1.31 bits per heavy atom. The average Bonchev–Trinajstić information content (AvgIpc) is 2.23. The van der Waals surface area contributed by atoms with Crippen LogP contribution in [0.15, 0.2) is 18.2 Å².